The summed E-state index contributed by atoms with van der Waals surface area (Å²) in [6, 6.07) is 9.22. The highest BCUT2D eigenvalue weighted by Gasteiger charge is 2.19. The van der Waals surface area contributed by atoms with Crippen molar-refractivity contribution in [1.29, 1.82) is 5.26 Å². The second-order valence-corrected chi connectivity index (χ2v) is 4.44. The molecule has 106 valence electrons. The maximum Gasteiger partial charge on any atom is 0.260 e. The van der Waals surface area contributed by atoms with E-state index >= 15 is 0 Å². The Kier molecular flexibility index (Phi) is 4.14. The fraction of sp³-hybridized carbons (Fsp3) is 0.133. The number of benzene rings is 1. The zero-order chi connectivity index (χ0) is 15.4. The molecule has 1 heterocycles. The molecular formula is C15H12FN3O2. The Labute approximate surface area is 120 Å². The molecule has 6 heteroatoms. The minimum atomic E-state index is -1.17. The molecule has 1 amide bonds. The van der Waals surface area contributed by atoms with Crippen LogP contribution in [0.15, 0.2) is 41.2 Å². The van der Waals surface area contributed by atoms with Gasteiger partial charge in [0.05, 0.1) is 6.07 Å². The molecule has 0 radical (unpaired) electrons. The van der Waals surface area contributed by atoms with Crippen molar-refractivity contribution in [1.82, 2.24) is 10.3 Å². The summed E-state index contributed by atoms with van der Waals surface area (Å²) in [6.07, 6.45) is 0. The van der Waals surface area contributed by atoms with E-state index in [4.69, 9.17) is 5.26 Å². The number of hydrogen-bond acceptors (Lipinski definition) is 3. The highest BCUT2D eigenvalue weighted by Crippen LogP contribution is 2.16. The van der Waals surface area contributed by atoms with Gasteiger partial charge in [-0.15, -0.1) is 0 Å². The number of hydrogen-bond donors (Lipinski definition) is 2. The van der Waals surface area contributed by atoms with Gasteiger partial charge in [-0.2, -0.15) is 5.26 Å². The quantitative estimate of drug-likeness (QED) is 0.901. The van der Waals surface area contributed by atoms with Crippen molar-refractivity contribution in [2.75, 3.05) is 0 Å². The topological polar surface area (TPSA) is 85.8 Å². The van der Waals surface area contributed by atoms with Crippen LogP contribution < -0.4 is 10.9 Å². The van der Waals surface area contributed by atoms with Crippen molar-refractivity contribution in [3.8, 4) is 6.07 Å². The first-order chi connectivity index (χ1) is 10.0. The maximum atomic E-state index is 13.6. The molecule has 0 spiro atoms. The zero-order valence-corrected chi connectivity index (χ0v) is 11.2. The Bertz CT molecular complexity index is 777. The number of carbonyl (C=O) groups excluding carboxylic acids is 1. The smallest absolute Gasteiger partial charge is 0.260 e. The van der Waals surface area contributed by atoms with Crippen LogP contribution >= 0.6 is 0 Å². The van der Waals surface area contributed by atoms with Crippen LogP contribution in [0.3, 0.4) is 0 Å². The summed E-state index contributed by atoms with van der Waals surface area (Å²) in [4.78, 5) is 26.2. The highest BCUT2D eigenvalue weighted by molar-refractivity contribution is 5.94. The average Bonchev–Trinajstić information content (AvgIpc) is 2.45. The molecule has 21 heavy (non-hydrogen) atoms. The van der Waals surface area contributed by atoms with Gasteiger partial charge in [0.1, 0.15) is 17.4 Å². The zero-order valence-electron chi connectivity index (χ0n) is 11.2. The van der Waals surface area contributed by atoms with Gasteiger partial charge in [-0.3, -0.25) is 9.59 Å². The lowest BCUT2D eigenvalue weighted by molar-refractivity contribution is 0.0943. The number of nitrogens with zero attached hydrogens (tertiary/aromatic N) is 1. The number of pyridine rings is 1. The predicted octanol–water partition coefficient (Wildman–Crippen LogP) is 1.82. The van der Waals surface area contributed by atoms with Crippen molar-refractivity contribution in [2.24, 2.45) is 0 Å². The van der Waals surface area contributed by atoms with Gasteiger partial charge in [-0.05, 0) is 25.1 Å². The number of aromatic amines is 1. The first-order valence-corrected chi connectivity index (χ1v) is 6.17. The van der Waals surface area contributed by atoms with E-state index in [1.807, 2.05) is 0 Å². The minimum absolute atomic E-state index is 0.0527. The van der Waals surface area contributed by atoms with Gasteiger partial charge in [0.15, 0.2) is 0 Å². The lowest BCUT2D eigenvalue weighted by Crippen LogP contribution is -2.32. The molecule has 5 nitrogen and oxygen atoms in total. The van der Waals surface area contributed by atoms with E-state index in [1.165, 1.54) is 24.3 Å². The van der Waals surface area contributed by atoms with Gasteiger partial charge >= 0.3 is 0 Å². The largest absolute Gasteiger partial charge is 0.332 e. The second kappa shape index (κ2) is 6.01. The third-order valence-corrected chi connectivity index (χ3v) is 2.92. The van der Waals surface area contributed by atoms with Crippen LogP contribution in [0.1, 0.15) is 27.7 Å². The molecule has 0 aliphatic carbocycles. The summed E-state index contributed by atoms with van der Waals surface area (Å²) in [5, 5.41) is 11.4. The fourth-order valence-electron chi connectivity index (χ4n) is 1.85. The molecule has 0 bridgehead atoms. The van der Waals surface area contributed by atoms with Crippen molar-refractivity contribution in [3.63, 3.8) is 0 Å². The number of aromatic nitrogens is 1. The van der Waals surface area contributed by atoms with Crippen LogP contribution in [-0.2, 0) is 0 Å². The minimum Gasteiger partial charge on any atom is -0.332 e. The first-order valence-electron chi connectivity index (χ1n) is 6.17. The summed E-state index contributed by atoms with van der Waals surface area (Å²) in [6.45, 7) is 1.68. The Hall–Kier alpha value is -2.94. The molecule has 1 aromatic carbocycles. The van der Waals surface area contributed by atoms with Crippen LogP contribution in [0.5, 0.6) is 0 Å². The van der Waals surface area contributed by atoms with Gasteiger partial charge in [0, 0.05) is 11.3 Å². The van der Waals surface area contributed by atoms with E-state index in [0.717, 1.165) is 0 Å². The lowest BCUT2D eigenvalue weighted by Gasteiger charge is -2.12. The number of rotatable bonds is 3. The number of aryl methyl sites for hydroxylation is 1. The van der Waals surface area contributed by atoms with Gasteiger partial charge in [-0.25, -0.2) is 4.39 Å². The number of amides is 1. The van der Waals surface area contributed by atoms with E-state index in [0.29, 0.717) is 5.69 Å². The molecule has 0 aliphatic heterocycles. The molecule has 0 saturated heterocycles. The molecule has 2 rings (SSSR count). The van der Waals surface area contributed by atoms with Gasteiger partial charge in [0.2, 0.25) is 0 Å². The van der Waals surface area contributed by atoms with Crippen molar-refractivity contribution >= 4 is 5.91 Å². The molecule has 1 atom stereocenters. The van der Waals surface area contributed by atoms with E-state index in [1.54, 1.807) is 25.1 Å². The average molecular weight is 285 g/mol. The molecule has 2 N–H and O–H groups in total. The molecule has 0 saturated carbocycles. The van der Waals surface area contributed by atoms with Gasteiger partial charge in [0.25, 0.3) is 11.5 Å². The third-order valence-electron chi connectivity index (χ3n) is 2.92. The summed E-state index contributed by atoms with van der Waals surface area (Å²) in [5.41, 5.74) is -0.0192. The number of nitriles is 1. The Morgan fingerprint density at radius 3 is 2.67 bits per heavy atom. The molecular weight excluding hydrogens is 273 g/mol. The van der Waals surface area contributed by atoms with Crippen LogP contribution in [0.4, 0.5) is 4.39 Å². The molecule has 2 aromatic rings. The highest BCUT2D eigenvalue weighted by atomic mass is 19.1. The predicted molar refractivity (Wildman–Crippen MR) is 74.0 cm³/mol. The van der Waals surface area contributed by atoms with Crippen LogP contribution in [-0.4, -0.2) is 10.9 Å². The van der Waals surface area contributed by atoms with Crippen molar-refractivity contribution in [2.45, 2.75) is 13.0 Å². The lowest BCUT2D eigenvalue weighted by atomic mass is 10.1. The van der Waals surface area contributed by atoms with E-state index in [9.17, 15) is 14.0 Å². The maximum absolute atomic E-state index is 13.6. The second-order valence-electron chi connectivity index (χ2n) is 4.44. The van der Waals surface area contributed by atoms with E-state index in [-0.39, 0.29) is 11.1 Å². The van der Waals surface area contributed by atoms with E-state index in [2.05, 4.69) is 10.3 Å². The van der Waals surface area contributed by atoms with Crippen molar-refractivity contribution in [3.05, 3.63) is 69.4 Å². The SMILES string of the molecule is Cc1ccc(C(=O)NC(C#N)c2ccccc2F)c(=O)[nH]1. The number of halogens is 1. The summed E-state index contributed by atoms with van der Waals surface area (Å²) in [5.74, 6) is -1.33. The standard InChI is InChI=1S/C15H12FN3O2/c1-9-6-7-11(14(20)18-9)15(21)19-13(8-17)10-4-2-3-5-12(10)16/h2-7,13H,1H3,(H,18,20)(H,19,21). The molecule has 1 unspecified atom stereocenters. The van der Waals surface area contributed by atoms with Gasteiger partial charge in [-0.1, -0.05) is 18.2 Å². The van der Waals surface area contributed by atoms with Crippen LogP contribution in [0.25, 0.3) is 0 Å². The number of nitrogens with one attached hydrogen (secondary N) is 2. The Morgan fingerprint density at radius 1 is 1.33 bits per heavy atom. The Morgan fingerprint density at radius 2 is 2.05 bits per heavy atom. The normalized spacial score (nSPS) is 11.5. The third kappa shape index (κ3) is 3.15. The molecule has 0 aliphatic rings. The van der Waals surface area contributed by atoms with Crippen LogP contribution in [0, 0.1) is 24.1 Å². The molecule has 0 fully saturated rings. The monoisotopic (exact) mass is 285 g/mol. The summed E-state index contributed by atoms with van der Waals surface area (Å²) < 4.78 is 13.6. The summed E-state index contributed by atoms with van der Waals surface area (Å²) >= 11 is 0. The van der Waals surface area contributed by atoms with Crippen LogP contribution in [0.2, 0.25) is 0 Å². The van der Waals surface area contributed by atoms with Gasteiger partial charge < -0.3 is 10.3 Å². The summed E-state index contributed by atoms with van der Waals surface area (Å²) in [7, 11) is 0. The Balaban J connectivity index is 2.27. The van der Waals surface area contributed by atoms with E-state index < -0.39 is 23.3 Å². The number of H-pyrrole nitrogens is 1. The van der Waals surface area contributed by atoms with Crippen molar-refractivity contribution < 1.29 is 9.18 Å². The number of carbonyl (C=O) groups is 1. The molecule has 1 aromatic heterocycles. The fourth-order valence-corrected chi connectivity index (χ4v) is 1.85. The first kappa shape index (κ1) is 14.5.